The van der Waals surface area contributed by atoms with Crippen molar-refractivity contribution in [2.45, 2.75) is 32.3 Å². The maximum atomic E-state index is 12.4. The molecule has 0 bridgehead atoms. The Balaban J connectivity index is 1.87. The summed E-state index contributed by atoms with van der Waals surface area (Å²) in [5, 5.41) is 0.363. The number of benzene rings is 1. The zero-order valence-corrected chi connectivity index (χ0v) is 14.8. The van der Waals surface area contributed by atoms with Crippen LogP contribution in [0.4, 0.5) is 5.13 Å². The third-order valence-corrected chi connectivity index (χ3v) is 5.59. The number of anilines is 1. The van der Waals surface area contributed by atoms with E-state index in [0.717, 1.165) is 22.3 Å². The molecule has 2 aromatic heterocycles. The zero-order chi connectivity index (χ0) is 16.6. The normalized spacial score (nSPS) is 12.2. The lowest BCUT2D eigenvalue weighted by Crippen LogP contribution is -2.13. The van der Waals surface area contributed by atoms with Crippen molar-refractivity contribution >= 4 is 36.7 Å². The first-order valence-electron chi connectivity index (χ1n) is 7.26. The fourth-order valence-corrected chi connectivity index (χ4v) is 4.43. The van der Waals surface area contributed by atoms with Crippen LogP contribution in [-0.4, -0.2) is 23.0 Å². The number of hydrogen-bond acceptors (Lipinski definition) is 5. The molecule has 1 aromatic carbocycles. The van der Waals surface area contributed by atoms with E-state index in [0.29, 0.717) is 11.0 Å². The quantitative estimate of drug-likeness (QED) is 0.766. The number of aromatic nitrogens is 3. The second-order valence-electron chi connectivity index (χ2n) is 5.85. The lowest BCUT2D eigenvalue weighted by Gasteiger charge is -2.04. The number of imidazole rings is 1. The fraction of sp³-hybridized carbons (Fsp3) is 0.333. The Kier molecular flexibility index (Phi) is 4.11. The zero-order valence-electron chi connectivity index (χ0n) is 13.1. The summed E-state index contributed by atoms with van der Waals surface area (Å²) in [5.41, 5.74) is 1.84. The predicted molar refractivity (Wildman–Crippen MR) is 92.2 cm³/mol. The molecule has 0 saturated carbocycles. The number of hydrogen-bond donors (Lipinski definition) is 1. The van der Waals surface area contributed by atoms with Gasteiger partial charge in [-0.1, -0.05) is 37.3 Å². The summed E-state index contributed by atoms with van der Waals surface area (Å²) in [4.78, 5) is 8.37. The van der Waals surface area contributed by atoms with Crippen LogP contribution in [0.3, 0.4) is 0 Å². The highest BCUT2D eigenvalue weighted by Crippen LogP contribution is 2.29. The van der Waals surface area contributed by atoms with Gasteiger partial charge in [-0.25, -0.2) is 9.97 Å². The molecular weight excluding hydrogens is 332 g/mol. The molecule has 6 nitrogen and oxygen atoms in total. The van der Waals surface area contributed by atoms with Gasteiger partial charge in [-0.2, -0.15) is 8.42 Å². The van der Waals surface area contributed by atoms with Crippen LogP contribution in [-0.2, 0) is 16.6 Å². The van der Waals surface area contributed by atoms with Gasteiger partial charge in [0, 0.05) is 12.7 Å². The second kappa shape index (κ2) is 5.93. The van der Waals surface area contributed by atoms with Crippen LogP contribution in [0.1, 0.15) is 19.4 Å². The van der Waals surface area contributed by atoms with Crippen molar-refractivity contribution in [1.29, 1.82) is 0 Å². The molecule has 1 N–H and O–H groups in total. The molecule has 0 amide bonds. The Morgan fingerprint density at radius 2 is 2.13 bits per heavy atom. The molecule has 23 heavy (non-hydrogen) atoms. The number of thiazole rings is 1. The number of para-hydroxylation sites is 1. The monoisotopic (exact) mass is 350 g/mol. The van der Waals surface area contributed by atoms with Crippen LogP contribution in [0.5, 0.6) is 0 Å². The largest absolute Gasteiger partial charge is 0.336 e. The summed E-state index contributed by atoms with van der Waals surface area (Å²) in [6.45, 7) is 6.81. The number of aryl methyl sites for hydroxylation is 1. The molecule has 0 atom stereocenters. The number of rotatable bonds is 5. The van der Waals surface area contributed by atoms with Gasteiger partial charge in [-0.15, -0.1) is 0 Å². The average Bonchev–Trinajstić information content (AvgIpc) is 3.05. The van der Waals surface area contributed by atoms with E-state index in [-0.39, 0.29) is 5.03 Å². The van der Waals surface area contributed by atoms with Crippen molar-refractivity contribution in [3.05, 3.63) is 36.3 Å². The van der Waals surface area contributed by atoms with Gasteiger partial charge in [-0.3, -0.25) is 4.72 Å². The maximum Gasteiger partial charge on any atom is 0.282 e. The van der Waals surface area contributed by atoms with Crippen LogP contribution in [0.2, 0.25) is 0 Å². The summed E-state index contributed by atoms with van der Waals surface area (Å²) in [6.07, 6.45) is 3.08. The molecule has 0 saturated heterocycles. The van der Waals surface area contributed by atoms with Gasteiger partial charge >= 0.3 is 0 Å². The van der Waals surface area contributed by atoms with Crippen LogP contribution in [0.25, 0.3) is 10.2 Å². The number of nitrogens with zero attached hydrogens (tertiary/aromatic N) is 3. The van der Waals surface area contributed by atoms with Gasteiger partial charge in [0.2, 0.25) is 0 Å². The molecule has 3 aromatic rings. The SMILES string of the molecule is Cc1cccc2sc(NS(=O)(=O)c3cn(CC(C)C)cn3)nc12. The van der Waals surface area contributed by atoms with Crippen LogP contribution in [0.15, 0.2) is 35.7 Å². The van der Waals surface area contributed by atoms with E-state index in [1.807, 2.05) is 25.1 Å². The number of nitrogens with one attached hydrogen (secondary N) is 1. The van der Waals surface area contributed by atoms with Crippen molar-refractivity contribution in [3.8, 4) is 0 Å². The van der Waals surface area contributed by atoms with Gasteiger partial charge in [0.25, 0.3) is 10.0 Å². The Morgan fingerprint density at radius 1 is 1.35 bits per heavy atom. The third-order valence-electron chi connectivity index (χ3n) is 3.30. The first-order chi connectivity index (χ1) is 10.8. The average molecular weight is 350 g/mol. The van der Waals surface area contributed by atoms with Gasteiger partial charge in [-0.05, 0) is 24.5 Å². The summed E-state index contributed by atoms with van der Waals surface area (Å²) in [5.74, 6) is 0.417. The molecule has 0 spiro atoms. The third kappa shape index (κ3) is 3.37. The predicted octanol–water partition coefficient (Wildman–Crippen LogP) is 3.26. The minimum absolute atomic E-state index is 0.00845. The van der Waals surface area contributed by atoms with Crippen molar-refractivity contribution < 1.29 is 8.42 Å². The lowest BCUT2D eigenvalue weighted by atomic mass is 10.2. The minimum atomic E-state index is -3.72. The second-order valence-corrected chi connectivity index (χ2v) is 8.51. The van der Waals surface area contributed by atoms with Crippen molar-refractivity contribution in [2.75, 3.05) is 4.72 Å². The minimum Gasteiger partial charge on any atom is -0.336 e. The Morgan fingerprint density at radius 3 is 2.83 bits per heavy atom. The van der Waals surface area contributed by atoms with E-state index in [4.69, 9.17) is 0 Å². The number of fused-ring (bicyclic) bond motifs is 1. The molecule has 0 aliphatic heterocycles. The van der Waals surface area contributed by atoms with Gasteiger partial charge in [0.15, 0.2) is 10.2 Å². The summed E-state index contributed by atoms with van der Waals surface area (Å²) >= 11 is 1.31. The van der Waals surface area contributed by atoms with Gasteiger partial charge in [0.05, 0.1) is 16.5 Å². The van der Waals surface area contributed by atoms with Crippen molar-refractivity contribution in [1.82, 2.24) is 14.5 Å². The highest BCUT2D eigenvalue weighted by atomic mass is 32.2. The van der Waals surface area contributed by atoms with Crippen LogP contribution < -0.4 is 4.72 Å². The standard InChI is InChI=1S/C15H18N4O2S2/c1-10(2)7-19-8-13(16-9-19)23(20,21)18-15-17-14-11(3)5-4-6-12(14)22-15/h4-6,8-10H,7H2,1-3H3,(H,17,18). The molecule has 0 aliphatic carbocycles. The smallest absolute Gasteiger partial charge is 0.282 e. The maximum absolute atomic E-state index is 12.4. The van der Waals surface area contributed by atoms with E-state index in [2.05, 4.69) is 28.5 Å². The number of sulfonamides is 1. The van der Waals surface area contributed by atoms with Gasteiger partial charge < -0.3 is 4.57 Å². The van der Waals surface area contributed by atoms with E-state index in [1.54, 1.807) is 10.8 Å². The molecule has 8 heteroatoms. The van der Waals surface area contributed by atoms with E-state index >= 15 is 0 Å². The molecule has 0 unspecified atom stereocenters. The molecule has 0 radical (unpaired) electrons. The highest BCUT2D eigenvalue weighted by molar-refractivity contribution is 7.92. The Labute approximate surface area is 139 Å². The molecule has 3 rings (SSSR count). The Bertz CT molecular complexity index is 941. The van der Waals surface area contributed by atoms with E-state index in [9.17, 15) is 8.42 Å². The van der Waals surface area contributed by atoms with Crippen LogP contribution >= 0.6 is 11.3 Å². The molecule has 2 heterocycles. The fourth-order valence-electron chi connectivity index (χ4n) is 2.30. The molecule has 0 aliphatic rings. The summed E-state index contributed by atoms with van der Waals surface area (Å²) in [7, 11) is -3.72. The Hall–Kier alpha value is -1.93. The topological polar surface area (TPSA) is 76.9 Å². The molecular formula is C15H18N4O2S2. The van der Waals surface area contributed by atoms with Gasteiger partial charge in [0.1, 0.15) is 0 Å². The highest BCUT2D eigenvalue weighted by Gasteiger charge is 2.20. The first kappa shape index (κ1) is 15.9. The van der Waals surface area contributed by atoms with E-state index < -0.39 is 10.0 Å². The lowest BCUT2D eigenvalue weighted by molar-refractivity contribution is 0.522. The first-order valence-corrected chi connectivity index (χ1v) is 9.56. The van der Waals surface area contributed by atoms with Crippen molar-refractivity contribution in [3.63, 3.8) is 0 Å². The van der Waals surface area contributed by atoms with E-state index in [1.165, 1.54) is 17.7 Å². The summed E-state index contributed by atoms with van der Waals surface area (Å²) in [6, 6.07) is 5.81. The summed E-state index contributed by atoms with van der Waals surface area (Å²) < 4.78 is 30.1. The van der Waals surface area contributed by atoms with Crippen molar-refractivity contribution in [2.24, 2.45) is 5.92 Å². The van der Waals surface area contributed by atoms with Crippen LogP contribution in [0, 0.1) is 12.8 Å². The molecule has 122 valence electrons. The molecule has 0 fully saturated rings.